The Bertz CT molecular complexity index is 332. The molecule has 2 unspecified atom stereocenters. The maximum absolute atomic E-state index is 12.0. The molecule has 0 aromatic rings. The molecule has 5 heteroatoms. The van der Waals surface area contributed by atoms with Crippen LogP contribution in [0, 0.1) is 17.3 Å². The molecule has 2 rings (SSSR count). The molecule has 4 amide bonds. The molecule has 2 fully saturated rings. The summed E-state index contributed by atoms with van der Waals surface area (Å²) in [6, 6.07) is -0.703. The highest BCUT2D eigenvalue weighted by atomic mass is 16.2. The fourth-order valence-electron chi connectivity index (χ4n) is 3.11. The average molecular weight is 224 g/mol. The van der Waals surface area contributed by atoms with E-state index in [1.807, 2.05) is 13.8 Å². The molecule has 0 bridgehead atoms. The van der Waals surface area contributed by atoms with Crippen LogP contribution in [0.25, 0.3) is 0 Å². The van der Waals surface area contributed by atoms with Gasteiger partial charge < -0.3 is 0 Å². The molecule has 2 atom stereocenters. The summed E-state index contributed by atoms with van der Waals surface area (Å²) in [5.41, 5.74) is -1.05. The van der Waals surface area contributed by atoms with Crippen LogP contribution in [0.1, 0.15) is 33.1 Å². The maximum atomic E-state index is 12.0. The van der Waals surface area contributed by atoms with Crippen molar-refractivity contribution in [3.63, 3.8) is 0 Å². The summed E-state index contributed by atoms with van der Waals surface area (Å²) in [6.07, 6.45) is 2.72. The highest BCUT2D eigenvalue weighted by molar-refractivity contribution is 6.19. The summed E-state index contributed by atoms with van der Waals surface area (Å²) in [4.78, 5) is 35.1. The number of hydrogen-bond donors (Lipinski definition) is 2. The first-order valence-corrected chi connectivity index (χ1v) is 5.66. The van der Waals surface area contributed by atoms with E-state index in [1.54, 1.807) is 0 Å². The van der Waals surface area contributed by atoms with Gasteiger partial charge in [0.25, 0.3) is 0 Å². The second kappa shape index (κ2) is 3.57. The number of carbonyl (C=O) groups is 3. The Hall–Kier alpha value is -1.39. The normalized spacial score (nSPS) is 33.5. The smallest absolute Gasteiger partial charge is 0.277 e. The first-order chi connectivity index (χ1) is 7.49. The molecule has 1 aliphatic heterocycles. The van der Waals surface area contributed by atoms with Gasteiger partial charge in [-0.25, -0.2) is 4.79 Å². The lowest BCUT2D eigenvalue weighted by Gasteiger charge is -2.45. The third kappa shape index (κ3) is 1.27. The Labute approximate surface area is 94.0 Å². The Balaban J connectivity index is 2.43. The van der Waals surface area contributed by atoms with Crippen LogP contribution in [0.2, 0.25) is 0 Å². The summed E-state index contributed by atoms with van der Waals surface area (Å²) in [5.74, 6) is -0.907. The topological polar surface area (TPSA) is 75.3 Å². The van der Waals surface area contributed by atoms with E-state index in [0.717, 1.165) is 19.3 Å². The van der Waals surface area contributed by atoms with Gasteiger partial charge in [0.05, 0.1) is 0 Å². The average Bonchev–Trinajstić information content (AvgIpc) is 2.15. The molecule has 0 aromatic heterocycles. The number of amides is 4. The quantitative estimate of drug-likeness (QED) is 0.597. The number of barbiturate groups is 1. The first kappa shape index (κ1) is 11.1. The molecular formula is C11H16N2O3. The Kier molecular flexibility index (Phi) is 2.48. The van der Waals surface area contributed by atoms with Crippen molar-refractivity contribution in [2.24, 2.45) is 17.3 Å². The third-order valence-electron chi connectivity index (χ3n) is 4.03. The molecule has 2 N–H and O–H groups in total. The minimum Gasteiger partial charge on any atom is -0.277 e. The lowest BCUT2D eigenvalue weighted by molar-refractivity contribution is -0.155. The van der Waals surface area contributed by atoms with Gasteiger partial charge in [0, 0.05) is 0 Å². The van der Waals surface area contributed by atoms with Crippen molar-refractivity contribution >= 4 is 17.8 Å². The molecule has 0 aromatic carbocycles. The van der Waals surface area contributed by atoms with E-state index in [-0.39, 0.29) is 11.8 Å². The predicted octanol–water partition coefficient (Wildman–Crippen LogP) is 0.795. The monoisotopic (exact) mass is 224 g/mol. The minimum atomic E-state index is -1.05. The number of hydrogen-bond acceptors (Lipinski definition) is 3. The van der Waals surface area contributed by atoms with Gasteiger partial charge in [-0.1, -0.05) is 20.3 Å². The second-order valence-corrected chi connectivity index (χ2v) is 4.84. The molecule has 1 aliphatic carbocycles. The summed E-state index contributed by atoms with van der Waals surface area (Å²) in [5, 5.41) is 4.44. The first-order valence-electron chi connectivity index (χ1n) is 5.66. The fraction of sp³-hybridized carbons (Fsp3) is 0.727. The van der Waals surface area contributed by atoms with E-state index in [1.165, 1.54) is 0 Å². The summed E-state index contributed by atoms with van der Waals surface area (Å²) in [7, 11) is 0. The zero-order valence-electron chi connectivity index (χ0n) is 9.50. The van der Waals surface area contributed by atoms with E-state index < -0.39 is 23.3 Å². The van der Waals surface area contributed by atoms with Crippen molar-refractivity contribution in [3.8, 4) is 0 Å². The summed E-state index contributed by atoms with van der Waals surface area (Å²) >= 11 is 0. The highest BCUT2D eigenvalue weighted by Gasteiger charge is 2.58. The standard InChI is InChI=1S/C11H16N2O3/c1-6-4-3-5-7(2)11(6)8(14)12-10(16)13-9(11)15/h6-7H,3-5H2,1-2H3,(H2,12,13,14,15,16). The van der Waals surface area contributed by atoms with Crippen LogP contribution in [0.4, 0.5) is 4.79 Å². The van der Waals surface area contributed by atoms with Gasteiger partial charge in [0.15, 0.2) is 0 Å². The van der Waals surface area contributed by atoms with E-state index >= 15 is 0 Å². The van der Waals surface area contributed by atoms with Crippen LogP contribution in [0.5, 0.6) is 0 Å². The van der Waals surface area contributed by atoms with Gasteiger partial charge in [0.1, 0.15) is 5.41 Å². The van der Waals surface area contributed by atoms with E-state index in [9.17, 15) is 14.4 Å². The van der Waals surface area contributed by atoms with E-state index in [2.05, 4.69) is 10.6 Å². The molecular weight excluding hydrogens is 208 g/mol. The van der Waals surface area contributed by atoms with Crippen LogP contribution >= 0.6 is 0 Å². The minimum absolute atomic E-state index is 0.0238. The lowest BCUT2D eigenvalue weighted by atomic mass is 9.59. The van der Waals surface area contributed by atoms with Crippen LogP contribution in [-0.4, -0.2) is 17.8 Å². The Morgan fingerprint density at radius 1 is 1.00 bits per heavy atom. The number of imide groups is 2. The summed E-state index contributed by atoms with van der Waals surface area (Å²) in [6.45, 7) is 3.81. The third-order valence-corrected chi connectivity index (χ3v) is 4.03. The molecule has 1 spiro atoms. The van der Waals surface area contributed by atoms with E-state index in [0.29, 0.717) is 0 Å². The fourth-order valence-corrected chi connectivity index (χ4v) is 3.11. The summed E-state index contributed by atoms with van der Waals surface area (Å²) < 4.78 is 0. The largest absolute Gasteiger partial charge is 0.328 e. The highest BCUT2D eigenvalue weighted by Crippen LogP contribution is 2.46. The van der Waals surface area contributed by atoms with Crippen LogP contribution in [-0.2, 0) is 9.59 Å². The Morgan fingerprint density at radius 2 is 1.44 bits per heavy atom. The van der Waals surface area contributed by atoms with Crippen molar-refractivity contribution < 1.29 is 14.4 Å². The van der Waals surface area contributed by atoms with Crippen molar-refractivity contribution in [2.45, 2.75) is 33.1 Å². The van der Waals surface area contributed by atoms with Gasteiger partial charge in [0.2, 0.25) is 11.8 Å². The number of urea groups is 1. The number of nitrogens with one attached hydrogen (secondary N) is 2. The van der Waals surface area contributed by atoms with Gasteiger partial charge >= 0.3 is 6.03 Å². The molecule has 16 heavy (non-hydrogen) atoms. The van der Waals surface area contributed by atoms with Gasteiger partial charge in [-0.05, 0) is 24.7 Å². The van der Waals surface area contributed by atoms with Crippen molar-refractivity contribution in [3.05, 3.63) is 0 Å². The van der Waals surface area contributed by atoms with Crippen molar-refractivity contribution in [1.29, 1.82) is 0 Å². The SMILES string of the molecule is CC1CCCC(C)C12C(=O)NC(=O)NC2=O. The number of carbonyl (C=O) groups excluding carboxylic acids is 3. The van der Waals surface area contributed by atoms with Crippen LogP contribution < -0.4 is 10.6 Å². The lowest BCUT2D eigenvalue weighted by Crippen LogP contribution is -2.67. The second-order valence-electron chi connectivity index (χ2n) is 4.84. The van der Waals surface area contributed by atoms with Gasteiger partial charge in [-0.2, -0.15) is 0 Å². The molecule has 88 valence electrons. The number of rotatable bonds is 0. The zero-order valence-corrected chi connectivity index (χ0v) is 9.50. The van der Waals surface area contributed by atoms with Gasteiger partial charge in [-0.15, -0.1) is 0 Å². The van der Waals surface area contributed by atoms with E-state index in [4.69, 9.17) is 0 Å². The molecule has 0 radical (unpaired) electrons. The molecule has 1 saturated carbocycles. The van der Waals surface area contributed by atoms with Crippen LogP contribution in [0.15, 0.2) is 0 Å². The maximum Gasteiger partial charge on any atom is 0.328 e. The molecule has 2 aliphatic rings. The predicted molar refractivity (Wildman–Crippen MR) is 56.3 cm³/mol. The molecule has 1 heterocycles. The van der Waals surface area contributed by atoms with Crippen molar-refractivity contribution in [1.82, 2.24) is 10.6 Å². The zero-order chi connectivity index (χ0) is 11.9. The van der Waals surface area contributed by atoms with Crippen molar-refractivity contribution in [2.75, 3.05) is 0 Å². The van der Waals surface area contributed by atoms with Crippen LogP contribution in [0.3, 0.4) is 0 Å². The molecule has 1 saturated heterocycles. The van der Waals surface area contributed by atoms with Gasteiger partial charge in [-0.3, -0.25) is 20.2 Å². The Morgan fingerprint density at radius 3 is 1.88 bits per heavy atom. The molecule has 5 nitrogen and oxygen atoms in total.